The minimum Gasteiger partial charge on any atom is -0.496 e. The Morgan fingerprint density at radius 1 is 1.33 bits per heavy atom. The van der Waals surface area contributed by atoms with Crippen molar-refractivity contribution in [2.24, 2.45) is 0 Å². The minimum absolute atomic E-state index is 0.0678. The van der Waals surface area contributed by atoms with Crippen LogP contribution in [0.15, 0.2) is 36.4 Å². The van der Waals surface area contributed by atoms with Crippen LogP contribution in [0.3, 0.4) is 0 Å². The summed E-state index contributed by atoms with van der Waals surface area (Å²) in [4.78, 5) is 35.5. The van der Waals surface area contributed by atoms with E-state index in [0.29, 0.717) is 5.56 Å². The van der Waals surface area contributed by atoms with Gasteiger partial charge in [0.05, 0.1) is 23.7 Å². The standard InChI is InChI=1S/C18H15FN2O6/c1-18(9-10-7-11(19)3-5-13(10)16(22)27-18)17(23)20-14-6-4-12(26-2)8-15(14)21(24)25/h3-8H,9H2,1-2H3,(H,20,23). The van der Waals surface area contributed by atoms with Crippen LogP contribution in [0.2, 0.25) is 0 Å². The molecule has 140 valence electrons. The van der Waals surface area contributed by atoms with Crippen molar-refractivity contribution in [1.29, 1.82) is 0 Å². The number of nitro groups is 1. The quantitative estimate of drug-likeness (QED) is 0.501. The summed E-state index contributed by atoms with van der Waals surface area (Å²) in [6, 6.07) is 7.51. The molecule has 0 aliphatic carbocycles. The van der Waals surface area contributed by atoms with Gasteiger partial charge in [-0.1, -0.05) is 0 Å². The summed E-state index contributed by atoms with van der Waals surface area (Å²) in [5.41, 5.74) is -1.59. The number of amides is 1. The third-order valence-corrected chi connectivity index (χ3v) is 4.26. The molecule has 1 N–H and O–H groups in total. The van der Waals surface area contributed by atoms with Gasteiger partial charge in [-0.05, 0) is 42.8 Å². The Kier molecular flexibility index (Phi) is 4.52. The molecule has 27 heavy (non-hydrogen) atoms. The second-order valence-electron chi connectivity index (χ2n) is 6.19. The van der Waals surface area contributed by atoms with Crippen LogP contribution in [0.25, 0.3) is 0 Å². The molecule has 2 aromatic rings. The number of nitrogens with one attached hydrogen (secondary N) is 1. The van der Waals surface area contributed by atoms with Crippen molar-refractivity contribution in [1.82, 2.24) is 0 Å². The first-order valence-corrected chi connectivity index (χ1v) is 7.89. The van der Waals surface area contributed by atoms with Gasteiger partial charge in [0.1, 0.15) is 17.3 Å². The molecular weight excluding hydrogens is 359 g/mol. The highest BCUT2D eigenvalue weighted by Crippen LogP contribution is 2.33. The summed E-state index contributed by atoms with van der Waals surface area (Å²) in [5, 5.41) is 13.7. The molecule has 8 nitrogen and oxygen atoms in total. The van der Waals surface area contributed by atoms with E-state index in [9.17, 15) is 24.1 Å². The van der Waals surface area contributed by atoms with E-state index in [-0.39, 0.29) is 29.1 Å². The first-order chi connectivity index (χ1) is 12.7. The van der Waals surface area contributed by atoms with E-state index in [0.717, 1.165) is 18.2 Å². The maximum Gasteiger partial charge on any atom is 0.339 e. The SMILES string of the molecule is COc1ccc(NC(=O)C2(C)Cc3cc(F)ccc3C(=O)O2)c([N+](=O)[O-])c1. The van der Waals surface area contributed by atoms with Crippen LogP contribution in [-0.4, -0.2) is 29.5 Å². The monoisotopic (exact) mass is 374 g/mol. The largest absolute Gasteiger partial charge is 0.496 e. The molecule has 1 unspecified atom stereocenters. The zero-order valence-corrected chi connectivity index (χ0v) is 14.4. The predicted molar refractivity (Wildman–Crippen MR) is 92.2 cm³/mol. The number of hydrogen-bond acceptors (Lipinski definition) is 6. The lowest BCUT2D eigenvalue weighted by Crippen LogP contribution is -2.49. The Balaban J connectivity index is 1.91. The van der Waals surface area contributed by atoms with Crippen molar-refractivity contribution in [3.63, 3.8) is 0 Å². The summed E-state index contributed by atoms with van der Waals surface area (Å²) in [6.45, 7) is 1.36. The van der Waals surface area contributed by atoms with Gasteiger partial charge < -0.3 is 14.8 Å². The lowest BCUT2D eigenvalue weighted by Gasteiger charge is -2.33. The molecule has 1 atom stereocenters. The second-order valence-corrected chi connectivity index (χ2v) is 6.19. The fraction of sp³-hybridized carbons (Fsp3) is 0.222. The average Bonchev–Trinajstić information content (AvgIpc) is 2.61. The van der Waals surface area contributed by atoms with E-state index in [1.54, 1.807) is 0 Å². The number of nitrogens with zero attached hydrogens (tertiary/aromatic N) is 1. The van der Waals surface area contributed by atoms with Gasteiger partial charge in [-0.15, -0.1) is 0 Å². The molecule has 1 aliphatic rings. The van der Waals surface area contributed by atoms with Crippen LogP contribution in [0.4, 0.5) is 15.8 Å². The molecule has 3 rings (SSSR count). The molecule has 1 amide bonds. The Hall–Kier alpha value is -3.49. The lowest BCUT2D eigenvalue weighted by molar-refractivity contribution is -0.384. The molecular formula is C18H15FN2O6. The molecule has 9 heteroatoms. The number of anilines is 1. The molecule has 0 aromatic heterocycles. The number of rotatable bonds is 4. The van der Waals surface area contributed by atoms with Gasteiger partial charge in [0, 0.05) is 6.42 Å². The van der Waals surface area contributed by atoms with Gasteiger partial charge in [-0.3, -0.25) is 14.9 Å². The molecule has 0 radical (unpaired) electrons. The van der Waals surface area contributed by atoms with Gasteiger partial charge in [0.2, 0.25) is 0 Å². The Bertz CT molecular complexity index is 961. The Labute approximate surface area is 153 Å². The molecule has 0 spiro atoms. The fourth-order valence-electron chi connectivity index (χ4n) is 2.84. The van der Waals surface area contributed by atoms with E-state index < -0.39 is 28.2 Å². The van der Waals surface area contributed by atoms with Crippen molar-refractivity contribution in [2.75, 3.05) is 12.4 Å². The number of carbonyl (C=O) groups is 2. The molecule has 0 fully saturated rings. The first kappa shape index (κ1) is 18.3. The summed E-state index contributed by atoms with van der Waals surface area (Å²) < 4.78 is 23.7. The summed E-state index contributed by atoms with van der Waals surface area (Å²) >= 11 is 0. The molecule has 0 bridgehead atoms. The maximum atomic E-state index is 13.5. The van der Waals surface area contributed by atoms with Gasteiger partial charge in [-0.25, -0.2) is 9.18 Å². The highest BCUT2D eigenvalue weighted by Gasteiger charge is 2.43. The van der Waals surface area contributed by atoms with Crippen LogP contribution in [0.5, 0.6) is 5.75 Å². The van der Waals surface area contributed by atoms with Gasteiger partial charge in [0.25, 0.3) is 11.6 Å². The third kappa shape index (κ3) is 3.43. The number of ether oxygens (including phenoxy) is 2. The van der Waals surface area contributed by atoms with Crippen molar-refractivity contribution in [3.8, 4) is 5.75 Å². The summed E-state index contributed by atoms with van der Waals surface area (Å²) in [5.74, 6) is -1.83. The predicted octanol–water partition coefficient (Wildman–Crippen LogP) is 2.85. The number of fused-ring (bicyclic) bond motifs is 1. The molecule has 2 aromatic carbocycles. The highest BCUT2D eigenvalue weighted by atomic mass is 19.1. The molecule has 0 saturated heterocycles. The van der Waals surface area contributed by atoms with E-state index >= 15 is 0 Å². The zero-order valence-electron chi connectivity index (χ0n) is 14.4. The van der Waals surface area contributed by atoms with E-state index in [4.69, 9.17) is 9.47 Å². The second kappa shape index (κ2) is 6.67. The maximum absolute atomic E-state index is 13.5. The van der Waals surface area contributed by atoms with Crippen molar-refractivity contribution < 1.29 is 28.4 Å². The normalized spacial score (nSPS) is 18.3. The number of hydrogen-bond donors (Lipinski definition) is 1. The highest BCUT2D eigenvalue weighted by molar-refractivity contribution is 6.03. The van der Waals surface area contributed by atoms with Crippen LogP contribution >= 0.6 is 0 Å². The smallest absolute Gasteiger partial charge is 0.339 e. The zero-order chi connectivity index (χ0) is 19.8. The number of benzene rings is 2. The van der Waals surface area contributed by atoms with Crippen LogP contribution in [0, 0.1) is 15.9 Å². The topological polar surface area (TPSA) is 108 Å². The van der Waals surface area contributed by atoms with Crippen LogP contribution in [0.1, 0.15) is 22.8 Å². The summed E-state index contributed by atoms with van der Waals surface area (Å²) in [7, 11) is 1.36. The number of halogens is 1. The van der Waals surface area contributed by atoms with Crippen LogP contribution < -0.4 is 10.1 Å². The Morgan fingerprint density at radius 3 is 2.74 bits per heavy atom. The minimum atomic E-state index is -1.65. The van der Waals surface area contributed by atoms with Gasteiger partial charge >= 0.3 is 5.97 Å². The van der Waals surface area contributed by atoms with Gasteiger partial charge in [-0.2, -0.15) is 0 Å². The Morgan fingerprint density at radius 2 is 2.07 bits per heavy atom. The van der Waals surface area contributed by atoms with Gasteiger partial charge in [0.15, 0.2) is 5.60 Å². The lowest BCUT2D eigenvalue weighted by atomic mass is 9.89. The number of esters is 1. The van der Waals surface area contributed by atoms with Crippen LogP contribution in [-0.2, 0) is 16.0 Å². The average molecular weight is 374 g/mol. The van der Waals surface area contributed by atoms with E-state index in [1.807, 2.05) is 0 Å². The first-order valence-electron chi connectivity index (χ1n) is 7.89. The van der Waals surface area contributed by atoms with Crippen molar-refractivity contribution in [2.45, 2.75) is 18.9 Å². The number of methoxy groups -OCH3 is 1. The third-order valence-electron chi connectivity index (χ3n) is 4.26. The molecule has 1 aliphatic heterocycles. The van der Waals surface area contributed by atoms with Crippen molar-refractivity contribution >= 4 is 23.3 Å². The molecule has 1 heterocycles. The number of carbonyl (C=O) groups excluding carboxylic acids is 2. The van der Waals surface area contributed by atoms with E-state index in [1.165, 1.54) is 32.2 Å². The molecule has 0 saturated carbocycles. The van der Waals surface area contributed by atoms with Crippen molar-refractivity contribution in [3.05, 3.63) is 63.5 Å². The fourth-order valence-corrected chi connectivity index (χ4v) is 2.84. The number of nitro benzene ring substituents is 1. The summed E-state index contributed by atoms with van der Waals surface area (Å²) in [6.07, 6.45) is -0.0678. The number of cyclic esters (lactones) is 1. The van der Waals surface area contributed by atoms with E-state index in [2.05, 4.69) is 5.32 Å².